The number of furan rings is 1. The minimum absolute atomic E-state index is 0.252. The number of rotatable bonds is 6. The van der Waals surface area contributed by atoms with Gasteiger partial charge in [-0.25, -0.2) is 4.98 Å². The molecule has 25 heavy (non-hydrogen) atoms. The molecule has 0 amide bonds. The quantitative estimate of drug-likeness (QED) is 0.701. The molecule has 2 aromatic heterocycles. The minimum Gasteiger partial charge on any atom is -0.443 e. The minimum atomic E-state index is 0.252. The molecule has 3 aromatic rings. The third-order valence-electron chi connectivity index (χ3n) is 4.52. The van der Waals surface area contributed by atoms with E-state index in [-0.39, 0.29) is 6.04 Å². The molecule has 0 radical (unpaired) electrons. The molecule has 0 saturated carbocycles. The maximum absolute atomic E-state index is 6.13. The second-order valence-electron chi connectivity index (χ2n) is 6.96. The number of hydrogen-bond donors (Lipinski definition) is 2. The van der Waals surface area contributed by atoms with E-state index >= 15 is 0 Å². The average Bonchev–Trinajstić information content (AvgIpc) is 2.86. The number of anilines is 1. The standard InChI is InChI=1S/C20H26N4O/c1-12(2)10-16(15-8-6-5-7-9-15)22-11-17-23-19(21)18-13(3)14(4)25-20(18)24-17/h5-9,12,16,22H,10-11H2,1-4H3,(H2,21,23,24)/t16-/m1/s1. The zero-order valence-electron chi connectivity index (χ0n) is 15.3. The topological polar surface area (TPSA) is 77.0 Å². The summed E-state index contributed by atoms with van der Waals surface area (Å²) in [6.07, 6.45) is 1.04. The Morgan fingerprint density at radius 3 is 2.52 bits per heavy atom. The number of aryl methyl sites for hydroxylation is 2. The molecule has 0 bridgehead atoms. The first-order valence-electron chi connectivity index (χ1n) is 8.76. The highest BCUT2D eigenvalue weighted by atomic mass is 16.3. The molecule has 0 fully saturated rings. The van der Waals surface area contributed by atoms with Crippen LogP contribution >= 0.6 is 0 Å². The molecule has 2 heterocycles. The van der Waals surface area contributed by atoms with E-state index in [1.807, 2.05) is 19.9 Å². The van der Waals surface area contributed by atoms with Crippen LogP contribution in [0.2, 0.25) is 0 Å². The lowest BCUT2D eigenvalue weighted by Gasteiger charge is -2.21. The Hall–Kier alpha value is -2.40. The largest absolute Gasteiger partial charge is 0.443 e. The summed E-state index contributed by atoms with van der Waals surface area (Å²) >= 11 is 0. The molecule has 0 spiro atoms. The normalized spacial score (nSPS) is 12.8. The van der Waals surface area contributed by atoms with Crippen molar-refractivity contribution >= 4 is 16.9 Å². The summed E-state index contributed by atoms with van der Waals surface area (Å²) in [5.74, 6) is 2.56. The van der Waals surface area contributed by atoms with Crippen LogP contribution in [0.1, 0.15) is 49.0 Å². The Morgan fingerprint density at radius 2 is 1.84 bits per heavy atom. The van der Waals surface area contributed by atoms with Crippen LogP contribution in [0.15, 0.2) is 34.7 Å². The summed E-state index contributed by atoms with van der Waals surface area (Å²) in [7, 11) is 0. The van der Waals surface area contributed by atoms with Crippen LogP contribution in [0.5, 0.6) is 0 Å². The van der Waals surface area contributed by atoms with Gasteiger partial charge in [0, 0.05) is 11.6 Å². The van der Waals surface area contributed by atoms with Gasteiger partial charge < -0.3 is 15.5 Å². The molecular weight excluding hydrogens is 312 g/mol. The fourth-order valence-electron chi connectivity index (χ4n) is 3.11. The molecule has 5 nitrogen and oxygen atoms in total. The fourth-order valence-corrected chi connectivity index (χ4v) is 3.11. The van der Waals surface area contributed by atoms with Gasteiger partial charge in [0.15, 0.2) is 0 Å². The van der Waals surface area contributed by atoms with Gasteiger partial charge in [0.1, 0.15) is 17.4 Å². The molecule has 1 aromatic carbocycles. The molecule has 0 aliphatic carbocycles. The first-order valence-corrected chi connectivity index (χ1v) is 8.76. The van der Waals surface area contributed by atoms with Crippen molar-refractivity contribution < 1.29 is 4.42 Å². The fraction of sp³-hybridized carbons (Fsp3) is 0.400. The highest BCUT2D eigenvalue weighted by Gasteiger charge is 2.16. The van der Waals surface area contributed by atoms with E-state index in [0.29, 0.717) is 29.8 Å². The Labute approximate surface area is 148 Å². The van der Waals surface area contributed by atoms with Gasteiger partial charge >= 0.3 is 0 Å². The molecule has 3 rings (SSSR count). The molecule has 5 heteroatoms. The Morgan fingerprint density at radius 1 is 1.12 bits per heavy atom. The van der Waals surface area contributed by atoms with Crippen LogP contribution < -0.4 is 11.1 Å². The third-order valence-corrected chi connectivity index (χ3v) is 4.52. The van der Waals surface area contributed by atoms with Crippen LogP contribution in [0.3, 0.4) is 0 Å². The Kier molecular flexibility index (Phi) is 5.04. The summed E-state index contributed by atoms with van der Waals surface area (Å²) in [6, 6.07) is 10.7. The first kappa shape index (κ1) is 17.4. The van der Waals surface area contributed by atoms with Gasteiger partial charge in [-0.2, -0.15) is 4.98 Å². The van der Waals surface area contributed by atoms with Crippen molar-refractivity contribution in [2.45, 2.75) is 46.7 Å². The molecule has 0 aliphatic heterocycles. The monoisotopic (exact) mass is 338 g/mol. The van der Waals surface area contributed by atoms with Crippen LogP contribution in [0, 0.1) is 19.8 Å². The zero-order valence-corrected chi connectivity index (χ0v) is 15.3. The smallest absolute Gasteiger partial charge is 0.231 e. The molecule has 1 atom stereocenters. The summed E-state index contributed by atoms with van der Waals surface area (Å²) in [5.41, 5.74) is 8.98. The highest BCUT2D eigenvalue weighted by Crippen LogP contribution is 2.27. The second-order valence-corrected chi connectivity index (χ2v) is 6.96. The number of benzene rings is 1. The summed E-state index contributed by atoms with van der Waals surface area (Å²) in [4.78, 5) is 9.01. The van der Waals surface area contributed by atoms with Gasteiger partial charge in [-0.1, -0.05) is 44.2 Å². The van der Waals surface area contributed by atoms with Crippen molar-refractivity contribution in [2.24, 2.45) is 5.92 Å². The SMILES string of the molecule is Cc1oc2nc(CN[C@H](CC(C)C)c3ccccc3)nc(N)c2c1C. The maximum Gasteiger partial charge on any atom is 0.231 e. The van der Waals surface area contributed by atoms with E-state index in [9.17, 15) is 0 Å². The number of fused-ring (bicyclic) bond motifs is 1. The van der Waals surface area contributed by atoms with Gasteiger partial charge in [-0.15, -0.1) is 0 Å². The van der Waals surface area contributed by atoms with Gasteiger partial charge in [0.2, 0.25) is 5.71 Å². The Bertz CT molecular complexity index is 855. The lowest BCUT2D eigenvalue weighted by Crippen LogP contribution is -2.23. The number of hydrogen-bond acceptors (Lipinski definition) is 5. The van der Waals surface area contributed by atoms with E-state index < -0.39 is 0 Å². The van der Waals surface area contributed by atoms with E-state index in [4.69, 9.17) is 10.2 Å². The zero-order chi connectivity index (χ0) is 18.0. The number of aromatic nitrogens is 2. The lowest BCUT2D eigenvalue weighted by atomic mass is 9.97. The van der Waals surface area contributed by atoms with E-state index in [1.165, 1.54) is 5.56 Å². The van der Waals surface area contributed by atoms with Crippen molar-refractivity contribution in [1.82, 2.24) is 15.3 Å². The third kappa shape index (κ3) is 3.82. The molecule has 3 N–H and O–H groups in total. The number of nitrogens with zero attached hydrogens (tertiary/aromatic N) is 2. The van der Waals surface area contributed by atoms with Crippen LogP contribution in [-0.2, 0) is 6.54 Å². The average molecular weight is 338 g/mol. The van der Waals surface area contributed by atoms with Crippen molar-refractivity contribution in [3.05, 3.63) is 53.0 Å². The molecule has 0 saturated heterocycles. The molecular formula is C20H26N4O. The van der Waals surface area contributed by atoms with Gasteiger partial charge in [0.25, 0.3) is 0 Å². The maximum atomic E-state index is 6.13. The van der Waals surface area contributed by atoms with Crippen LogP contribution in [0.4, 0.5) is 5.82 Å². The van der Waals surface area contributed by atoms with E-state index in [2.05, 4.69) is 53.4 Å². The molecule has 0 unspecified atom stereocenters. The summed E-state index contributed by atoms with van der Waals surface area (Å²) in [5, 5.41) is 4.40. The van der Waals surface area contributed by atoms with Crippen LogP contribution in [-0.4, -0.2) is 9.97 Å². The van der Waals surface area contributed by atoms with Crippen LogP contribution in [0.25, 0.3) is 11.1 Å². The van der Waals surface area contributed by atoms with Gasteiger partial charge in [-0.05, 0) is 31.7 Å². The lowest BCUT2D eigenvalue weighted by molar-refractivity contribution is 0.424. The first-order chi connectivity index (χ1) is 12.0. The van der Waals surface area contributed by atoms with Crippen molar-refractivity contribution in [2.75, 3.05) is 5.73 Å². The number of nitrogen functional groups attached to an aromatic ring is 1. The predicted molar refractivity (Wildman–Crippen MR) is 101 cm³/mol. The van der Waals surface area contributed by atoms with E-state index in [1.54, 1.807) is 0 Å². The van der Waals surface area contributed by atoms with Crippen molar-refractivity contribution in [3.63, 3.8) is 0 Å². The predicted octanol–water partition coefficient (Wildman–Crippen LogP) is 4.30. The van der Waals surface area contributed by atoms with Gasteiger partial charge in [0.05, 0.1) is 11.9 Å². The molecule has 0 aliphatic rings. The summed E-state index contributed by atoms with van der Waals surface area (Å²) in [6.45, 7) is 8.90. The summed E-state index contributed by atoms with van der Waals surface area (Å²) < 4.78 is 5.72. The number of nitrogens with one attached hydrogen (secondary N) is 1. The van der Waals surface area contributed by atoms with Crippen molar-refractivity contribution in [1.29, 1.82) is 0 Å². The van der Waals surface area contributed by atoms with E-state index in [0.717, 1.165) is 23.1 Å². The molecule has 132 valence electrons. The van der Waals surface area contributed by atoms with Gasteiger partial charge in [-0.3, -0.25) is 0 Å². The highest BCUT2D eigenvalue weighted by molar-refractivity contribution is 5.88. The Balaban J connectivity index is 1.82. The van der Waals surface area contributed by atoms with Crippen molar-refractivity contribution in [3.8, 4) is 0 Å². The number of nitrogens with two attached hydrogens (primary N) is 1. The second kappa shape index (κ2) is 7.23.